The van der Waals surface area contributed by atoms with Crippen molar-refractivity contribution in [3.8, 4) is 0 Å². The fraction of sp³-hybridized carbons (Fsp3) is 0.565. The van der Waals surface area contributed by atoms with Crippen LogP contribution in [0.5, 0.6) is 0 Å². The van der Waals surface area contributed by atoms with E-state index in [0.29, 0.717) is 30.5 Å². The van der Waals surface area contributed by atoms with Crippen LogP contribution in [0, 0.1) is 5.41 Å². The molecule has 1 atom stereocenters. The zero-order valence-corrected chi connectivity index (χ0v) is 17.7. The van der Waals surface area contributed by atoms with Crippen molar-refractivity contribution in [2.75, 3.05) is 13.1 Å². The van der Waals surface area contributed by atoms with Gasteiger partial charge in [-0.2, -0.15) is 0 Å². The van der Waals surface area contributed by atoms with Crippen LogP contribution in [0.3, 0.4) is 0 Å². The van der Waals surface area contributed by atoms with Crippen LogP contribution in [0.2, 0.25) is 0 Å². The highest BCUT2D eigenvalue weighted by atomic mass is 16.2. The molecule has 0 spiro atoms. The average molecular weight is 373 g/mol. The first kappa shape index (κ1) is 22.9. The minimum absolute atomic E-state index is 0.0217. The maximum Gasteiger partial charge on any atom is 0.251 e. The van der Waals surface area contributed by atoms with E-state index < -0.39 is 0 Å². The van der Waals surface area contributed by atoms with E-state index in [1.807, 2.05) is 19.1 Å². The van der Waals surface area contributed by atoms with Crippen LogP contribution in [0.15, 0.2) is 36.5 Å². The Hall–Kier alpha value is -2.10. The zero-order chi connectivity index (χ0) is 20.4. The van der Waals surface area contributed by atoms with Crippen LogP contribution in [-0.2, 0) is 11.2 Å². The van der Waals surface area contributed by atoms with Crippen LogP contribution in [0.25, 0.3) is 0 Å². The zero-order valence-electron chi connectivity index (χ0n) is 17.7. The number of nitrogens with one attached hydrogen (secondary N) is 1. The van der Waals surface area contributed by atoms with Gasteiger partial charge in [0.15, 0.2) is 0 Å². The molecule has 0 aromatic heterocycles. The van der Waals surface area contributed by atoms with Crippen molar-refractivity contribution in [2.45, 2.75) is 66.7 Å². The van der Waals surface area contributed by atoms with E-state index in [1.165, 1.54) is 25.3 Å². The smallest absolute Gasteiger partial charge is 0.251 e. The van der Waals surface area contributed by atoms with E-state index in [1.54, 1.807) is 4.90 Å². The Labute approximate surface area is 165 Å². The van der Waals surface area contributed by atoms with Crippen molar-refractivity contribution in [1.82, 2.24) is 10.2 Å². The Morgan fingerprint density at radius 3 is 2.26 bits per heavy atom. The summed E-state index contributed by atoms with van der Waals surface area (Å²) in [7, 11) is 0. The maximum atomic E-state index is 12.3. The van der Waals surface area contributed by atoms with Crippen molar-refractivity contribution < 1.29 is 9.59 Å². The van der Waals surface area contributed by atoms with Gasteiger partial charge in [-0.05, 0) is 49.3 Å². The Morgan fingerprint density at radius 1 is 1.15 bits per heavy atom. The number of hydrogen-bond donors (Lipinski definition) is 1. The van der Waals surface area contributed by atoms with Crippen LogP contribution >= 0.6 is 0 Å². The van der Waals surface area contributed by atoms with Crippen molar-refractivity contribution in [2.24, 2.45) is 5.41 Å². The van der Waals surface area contributed by atoms with E-state index in [4.69, 9.17) is 0 Å². The van der Waals surface area contributed by atoms with E-state index in [9.17, 15) is 9.59 Å². The van der Waals surface area contributed by atoms with Crippen molar-refractivity contribution in [1.29, 1.82) is 0 Å². The minimum atomic E-state index is -0.0712. The standard InChI is InChI=1S/C23H36N2O2/c1-7-14-23(6,8-2)17-20-10-12-21(13-11-20)22(27)24-15-9-16-25(18(3)4)19(5)26/h10-13H,3,7-9,14-17H2,1-2,4-6H3,(H,24,27). The van der Waals surface area contributed by atoms with Gasteiger partial charge in [-0.25, -0.2) is 0 Å². The molecule has 1 aromatic carbocycles. The lowest BCUT2D eigenvalue weighted by Crippen LogP contribution is -2.31. The summed E-state index contributed by atoms with van der Waals surface area (Å²) in [4.78, 5) is 25.4. The predicted octanol–water partition coefficient (Wildman–Crippen LogP) is 4.95. The van der Waals surface area contributed by atoms with Crippen LogP contribution in [0.4, 0.5) is 0 Å². The molecule has 2 amide bonds. The monoisotopic (exact) mass is 372 g/mol. The number of nitrogens with zero attached hydrogens (tertiary/aromatic N) is 1. The van der Waals surface area contributed by atoms with Crippen molar-refractivity contribution in [3.63, 3.8) is 0 Å². The molecule has 0 heterocycles. The molecule has 1 rings (SSSR count). The van der Waals surface area contributed by atoms with E-state index in [0.717, 1.165) is 18.5 Å². The largest absolute Gasteiger partial charge is 0.352 e. The van der Waals surface area contributed by atoms with Gasteiger partial charge in [-0.3, -0.25) is 9.59 Å². The second kappa shape index (κ2) is 10.9. The number of allylic oxidation sites excluding steroid dienone is 1. The summed E-state index contributed by atoms with van der Waals surface area (Å²) in [5.74, 6) is -0.0929. The molecule has 1 aromatic rings. The molecule has 0 aliphatic carbocycles. The summed E-state index contributed by atoms with van der Waals surface area (Å²) in [6, 6.07) is 7.94. The van der Waals surface area contributed by atoms with Crippen LogP contribution < -0.4 is 5.32 Å². The highest BCUT2D eigenvalue weighted by Gasteiger charge is 2.21. The average Bonchev–Trinajstić information content (AvgIpc) is 2.61. The molecule has 150 valence electrons. The Balaban J connectivity index is 2.52. The third kappa shape index (κ3) is 7.58. The van der Waals surface area contributed by atoms with Gasteiger partial charge in [0.1, 0.15) is 0 Å². The second-order valence-corrected chi connectivity index (χ2v) is 7.80. The predicted molar refractivity (Wildman–Crippen MR) is 113 cm³/mol. The molecule has 0 bridgehead atoms. The molecule has 0 aliphatic heterocycles. The summed E-state index contributed by atoms with van der Waals surface area (Å²) >= 11 is 0. The van der Waals surface area contributed by atoms with Gasteiger partial charge in [0, 0.05) is 31.3 Å². The van der Waals surface area contributed by atoms with Crippen LogP contribution in [-0.4, -0.2) is 29.8 Å². The first-order valence-electron chi connectivity index (χ1n) is 10.0. The quantitative estimate of drug-likeness (QED) is 0.559. The summed E-state index contributed by atoms with van der Waals surface area (Å²) in [5, 5.41) is 2.92. The number of carbonyl (C=O) groups is 2. The Bertz CT molecular complexity index is 622. The SMILES string of the molecule is C=C(C)N(CCCNC(=O)c1ccc(CC(C)(CC)CCC)cc1)C(C)=O. The molecule has 4 heteroatoms. The lowest BCUT2D eigenvalue weighted by atomic mass is 9.77. The molecule has 0 fully saturated rings. The second-order valence-electron chi connectivity index (χ2n) is 7.80. The molecule has 1 N–H and O–H groups in total. The fourth-order valence-corrected chi connectivity index (χ4v) is 3.42. The molecule has 0 aliphatic rings. The number of carbonyl (C=O) groups excluding carboxylic acids is 2. The van der Waals surface area contributed by atoms with Gasteiger partial charge in [0.25, 0.3) is 5.91 Å². The molecule has 1 unspecified atom stereocenters. The highest BCUT2D eigenvalue weighted by molar-refractivity contribution is 5.94. The number of amides is 2. The summed E-state index contributed by atoms with van der Waals surface area (Å²) in [6.07, 6.45) is 5.30. The van der Waals surface area contributed by atoms with Gasteiger partial charge in [-0.1, -0.05) is 52.3 Å². The van der Waals surface area contributed by atoms with E-state index in [2.05, 4.69) is 44.8 Å². The van der Waals surface area contributed by atoms with E-state index in [-0.39, 0.29) is 11.8 Å². The minimum Gasteiger partial charge on any atom is -0.352 e. The molecule has 0 saturated heterocycles. The molecular formula is C23H36N2O2. The first-order valence-corrected chi connectivity index (χ1v) is 10.0. The third-order valence-corrected chi connectivity index (χ3v) is 5.24. The molecule has 0 saturated carbocycles. The molecule has 27 heavy (non-hydrogen) atoms. The van der Waals surface area contributed by atoms with Gasteiger partial charge in [0.2, 0.25) is 5.91 Å². The van der Waals surface area contributed by atoms with Crippen molar-refractivity contribution >= 4 is 11.8 Å². The van der Waals surface area contributed by atoms with Gasteiger partial charge in [0.05, 0.1) is 0 Å². The van der Waals surface area contributed by atoms with Gasteiger partial charge >= 0.3 is 0 Å². The van der Waals surface area contributed by atoms with Gasteiger partial charge < -0.3 is 10.2 Å². The normalized spacial score (nSPS) is 12.9. The maximum absolute atomic E-state index is 12.3. The molecular weight excluding hydrogens is 336 g/mol. The van der Waals surface area contributed by atoms with Gasteiger partial charge in [-0.15, -0.1) is 0 Å². The molecule has 4 nitrogen and oxygen atoms in total. The lowest BCUT2D eigenvalue weighted by molar-refractivity contribution is -0.126. The summed E-state index contributed by atoms with van der Waals surface area (Å²) in [5.41, 5.74) is 3.01. The van der Waals surface area contributed by atoms with E-state index >= 15 is 0 Å². The first-order chi connectivity index (χ1) is 12.7. The topological polar surface area (TPSA) is 49.4 Å². The third-order valence-electron chi connectivity index (χ3n) is 5.24. The Kier molecular flexibility index (Phi) is 9.27. The number of rotatable bonds is 11. The van der Waals surface area contributed by atoms with Crippen LogP contribution in [0.1, 0.15) is 76.2 Å². The summed E-state index contributed by atoms with van der Waals surface area (Å²) in [6.45, 7) is 15.1. The number of benzene rings is 1. The van der Waals surface area contributed by atoms with Crippen molar-refractivity contribution in [3.05, 3.63) is 47.7 Å². The lowest BCUT2D eigenvalue weighted by Gasteiger charge is -2.28. The molecule has 0 radical (unpaired) electrons. The fourth-order valence-electron chi connectivity index (χ4n) is 3.42. The Morgan fingerprint density at radius 2 is 1.78 bits per heavy atom. The highest BCUT2D eigenvalue weighted by Crippen LogP contribution is 2.31. The summed E-state index contributed by atoms with van der Waals surface area (Å²) < 4.78 is 0. The number of hydrogen-bond acceptors (Lipinski definition) is 2.